The zero-order valence-electron chi connectivity index (χ0n) is 12.8. The molecule has 20 heavy (non-hydrogen) atoms. The summed E-state index contributed by atoms with van der Waals surface area (Å²) in [4.78, 5) is 2.15. The second kappa shape index (κ2) is 8.79. The van der Waals surface area contributed by atoms with Gasteiger partial charge in [0.25, 0.3) is 0 Å². The van der Waals surface area contributed by atoms with E-state index in [9.17, 15) is 0 Å². The maximum absolute atomic E-state index is 9.14. The third kappa shape index (κ3) is 4.67. The smallest absolute Gasteiger partial charge is 0.161 e. The van der Waals surface area contributed by atoms with Crippen molar-refractivity contribution < 1.29 is 19.3 Å². The second-order valence-electron chi connectivity index (χ2n) is 4.63. The molecule has 0 atom stereocenters. The molecule has 0 aliphatic heterocycles. The molecule has 0 amide bonds. The molecule has 0 heterocycles. The fourth-order valence-electron chi connectivity index (χ4n) is 2.07. The highest BCUT2D eigenvalue weighted by Crippen LogP contribution is 2.30. The molecule has 114 valence electrons. The van der Waals surface area contributed by atoms with Gasteiger partial charge < -0.3 is 19.3 Å². The molecule has 0 spiro atoms. The summed E-state index contributed by atoms with van der Waals surface area (Å²) in [5.74, 6) is 1.46. The van der Waals surface area contributed by atoms with Crippen molar-refractivity contribution in [2.24, 2.45) is 0 Å². The fourth-order valence-corrected chi connectivity index (χ4v) is 2.07. The van der Waals surface area contributed by atoms with Crippen LogP contribution in [0.15, 0.2) is 12.1 Å². The molecular formula is C15H25NO4. The van der Waals surface area contributed by atoms with Gasteiger partial charge in [0.05, 0.1) is 27.4 Å². The van der Waals surface area contributed by atoms with Gasteiger partial charge in [-0.3, -0.25) is 4.90 Å². The van der Waals surface area contributed by atoms with Crippen LogP contribution in [0.2, 0.25) is 0 Å². The number of hydrogen-bond donors (Lipinski definition) is 1. The van der Waals surface area contributed by atoms with E-state index in [0.29, 0.717) is 13.2 Å². The largest absolute Gasteiger partial charge is 0.493 e. The van der Waals surface area contributed by atoms with Crippen LogP contribution < -0.4 is 9.47 Å². The Labute approximate surface area is 121 Å². The van der Waals surface area contributed by atoms with Crippen molar-refractivity contribution >= 4 is 0 Å². The number of aliphatic hydroxyl groups excluding tert-OH is 1. The SMILES string of the molecule is COCCN(CCO)Cc1cc(OC)c(OC)cc1C. The average Bonchev–Trinajstić information content (AvgIpc) is 2.46. The van der Waals surface area contributed by atoms with Crippen molar-refractivity contribution in [3.05, 3.63) is 23.3 Å². The van der Waals surface area contributed by atoms with Crippen molar-refractivity contribution in [3.8, 4) is 11.5 Å². The molecule has 1 aromatic rings. The van der Waals surface area contributed by atoms with Gasteiger partial charge in [0, 0.05) is 26.7 Å². The van der Waals surface area contributed by atoms with Gasteiger partial charge in [-0.05, 0) is 30.2 Å². The highest BCUT2D eigenvalue weighted by atomic mass is 16.5. The van der Waals surface area contributed by atoms with Crippen LogP contribution >= 0.6 is 0 Å². The second-order valence-corrected chi connectivity index (χ2v) is 4.63. The fraction of sp³-hybridized carbons (Fsp3) is 0.600. The minimum atomic E-state index is 0.135. The molecule has 1 N–H and O–H groups in total. The van der Waals surface area contributed by atoms with Crippen LogP contribution in [0.4, 0.5) is 0 Å². The maximum Gasteiger partial charge on any atom is 0.161 e. The minimum absolute atomic E-state index is 0.135. The first kappa shape index (κ1) is 16.8. The van der Waals surface area contributed by atoms with Gasteiger partial charge in [-0.25, -0.2) is 0 Å². The number of ether oxygens (including phenoxy) is 3. The van der Waals surface area contributed by atoms with E-state index >= 15 is 0 Å². The van der Waals surface area contributed by atoms with E-state index in [2.05, 4.69) is 4.90 Å². The van der Waals surface area contributed by atoms with E-state index in [0.717, 1.165) is 35.7 Å². The minimum Gasteiger partial charge on any atom is -0.493 e. The molecule has 0 radical (unpaired) electrons. The van der Waals surface area contributed by atoms with Crippen LogP contribution in [-0.2, 0) is 11.3 Å². The Bertz CT molecular complexity index is 409. The third-order valence-electron chi connectivity index (χ3n) is 3.26. The first-order valence-electron chi connectivity index (χ1n) is 6.69. The Morgan fingerprint density at radius 3 is 2.25 bits per heavy atom. The van der Waals surface area contributed by atoms with Crippen LogP contribution in [0, 0.1) is 6.92 Å². The normalized spacial score (nSPS) is 10.9. The van der Waals surface area contributed by atoms with E-state index in [1.165, 1.54) is 0 Å². The Balaban J connectivity index is 2.88. The van der Waals surface area contributed by atoms with Gasteiger partial charge in [-0.1, -0.05) is 0 Å². The van der Waals surface area contributed by atoms with Crippen LogP contribution in [-0.4, -0.2) is 57.6 Å². The number of benzene rings is 1. The molecule has 0 aromatic heterocycles. The molecule has 0 unspecified atom stereocenters. The van der Waals surface area contributed by atoms with Gasteiger partial charge >= 0.3 is 0 Å². The lowest BCUT2D eigenvalue weighted by Gasteiger charge is -2.22. The molecule has 1 rings (SSSR count). The molecule has 1 aromatic carbocycles. The first-order chi connectivity index (χ1) is 9.65. The summed E-state index contributed by atoms with van der Waals surface area (Å²) in [6.45, 7) is 4.98. The summed E-state index contributed by atoms with van der Waals surface area (Å²) in [5.41, 5.74) is 2.30. The summed E-state index contributed by atoms with van der Waals surface area (Å²) in [7, 11) is 4.94. The van der Waals surface area contributed by atoms with Crippen LogP contribution in [0.25, 0.3) is 0 Å². The van der Waals surface area contributed by atoms with E-state index < -0.39 is 0 Å². The zero-order chi connectivity index (χ0) is 15.0. The van der Waals surface area contributed by atoms with Gasteiger partial charge in [0.1, 0.15) is 0 Å². The predicted octanol–water partition coefficient (Wildman–Crippen LogP) is 1.45. The molecule has 0 saturated heterocycles. The first-order valence-corrected chi connectivity index (χ1v) is 6.69. The van der Waals surface area contributed by atoms with Crippen molar-refractivity contribution in [1.82, 2.24) is 4.90 Å². The molecule has 5 nitrogen and oxygen atoms in total. The summed E-state index contributed by atoms with van der Waals surface area (Å²) in [5, 5.41) is 9.14. The van der Waals surface area contributed by atoms with Crippen molar-refractivity contribution in [3.63, 3.8) is 0 Å². The number of aliphatic hydroxyl groups is 1. The molecule has 0 bridgehead atoms. The summed E-state index contributed by atoms with van der Waals surface area (Å²) in [6.07, 6.45) is 0. The highest BCUT2D eigenvalue weighted by Gasteiger charge is 2.12. The van der Waals surface area contributed by atoms with Crippen LogP contribution in [0.1, 0.15) is 11.1 Å². The molecule has 0 aliphatic rings. The highest BCUT2D eigenvalue weighted by molar-refractivity contribution is 5.47. The molecule has 0 fully saturated rings. The summed E-state index contributed by atoms with van der Waals surface area (Å²) < 4.78 is 15.7. The van der Waals surface area contributed by atoms with Crippen molar-refractivity contribution in [2.45, 2.75) is 13.5 Å². The molecule has 5 heteroatoms. The Morgan fingerprint density at radius 1 is 1.05 bits per heavy atom. The van der Waals surface area contributed by atoms with Crippen LogP contribution in [0.5, 0.6) is 11.5 Å². The number of methoxy groups -OCH3 is 3. The lowest BCUT2D eigenvalue weighted by Crippen LogP contribution is -2.30. The van der Waals surface area contributed by atoms with E-state index in [-0.39, 0.29) is 6.61 Å². The van der Waals surface area contributed by atoms with E-state index in [4.69, 9.17) is 19.3 Å². The predicted molar refractivity (Wildman–Crippen MR) is 78.5 cm³/mol. The van der Waals surface area contributed by atoms with Crippen molar-refractivity contribution in [2.75, 3.05) is 47.6 Å². The Morgan fingerprint density at radius 2 is 1.70 bits per heavy atom. The molecule has 0 aliphatic carbocycles. The zero-order valence-corrected chi connectivity index (χ0v) is 12.8. The molecule has 0 saturated carbocycles. The molecular weight excluding hydrogens is 258 g/mol. The standard InChI is InChI=1S/C15H25NO4/c1-12-9-14(19-3)15(20-4)10-13(12)11-16(5-7-17)6-8-18-2/h9-10,17H,5-8,11H2,1-4H3. The summed E-state index contributed by atoms with van der Waals surface area (Å²) >= 11 is 0. The number of hydrogen-bond acceptors (Lipinski definition) is 5. The lowest BCUT2D eigenvalue weighted by atomic mass is 10.1. The quantitative estimate of drug-likeness (QED) is 0.743. The van der Waals surface area contributed by atoms with Crippen molar-refractivity contribution in [1.29, 1.82) is 0 Å². The Hall–Kier alpha value is -1.30. The Kier molecular flexibility index (Phi) is 7.36. The van der Waals surface area contributed by atoms with E-state index in [1.54, 1.807) is 21.3 Å². The van der Waals surface area contributed by atoms with Gasteiger partial charge in [-0.2, -0.15) is 0 Å². The maximum atomic E-state index is 9.14. The number of rotatable bonds is 9. The lowest BCUT2D eigenvalue weighted by molar-refractivity contribution is 0.126. The van der Waals surface area contributed by atoms with Gasteiger partial charge in [0.15, 0.2) is 11.5 Å². The number of aryl methyl sites for hydroxylation is 1. The van der Waals surface area contributed by atoms with Gasteiger partial charge in [0.2, 0.25) is 0 Å². The average molecular weight is 283 g/mol. The number of nitrogens with zero attached hydrogens (tertiary/aromatic N) is 1. The van der Waals surface area contributed by atoms with Crippen LogP contribution in [0.3, 0.4) is 0 Å². The monoisotopic (exact) mass is 283 g/mol. The van der Waals surface area contributed by atoms with Gasteiger partial charge in [-0.15, -0.1) is 0 Å². The summed E-state index contributed by atoms with van der Waals surface area (Å²) in [6, 6.07) is 3.97. The van der Waals surface area contributed by atoms with E-state index in [1.807, 2.05) is 19.1 Å². The third-order valence-corrected chi connectivity index (χ3v) is 3.26. The topological polar surface area (TPSA) is 51.2 Å².